The molecule has 0 spiro atoms. The van der Waals surface area contributed by atoms with Crippen molar-refractivity contribution in [1.29, 1.82) is 0 Å². The Bertz CT molecular complexity index is 1290. The van der Waals surface area contributed by atoms with Gasteiger partial charge >= 0.3 is 0 Å². The number of hydrogen-bond acceptors (Lipinski definition) is 2. The van der Waals surface area contributed by atoms with Crippen LogP contribution < -0.4 is 0 Å². The van der Waals surface area contributed by atoms with Gasteiger partial charge in [0.15, 0.2) is 0 Å². The summed E-state index contributed by atoms with van der Waals surface area (Å²) in [5.41, 5.74) is 8.91. The molecular weight excluding hydrogens is 512 g/mol. The maximum atomic E-state index is 10.1. The van der Waals surface area contributed by atoms with E-state index in [0.29, 0.717) is 0 Å². The molecule has 224 valence electrons. The maximum absolute atomic E-state index is 10.1. The molecule has 2 aliphatic rings. The predicted molar refractivity (Wildman–Crippen MR) is 181 cm³/mol. The number of allylic oxidation sites excluding steroid dienone is 16. The minimum atomic E-state index is -0.263. The Labute approximate surface area is 256 Å². The van der Waals surface area contributed by atoms with Crippen molar-refractivity contribution in [2.75, 3.05) is 0 Å². The summed E-state index contributed by atoms with van der Waals surface area (Å²) in [6, 6.07) is 0. The van der Waals surface area contributed by atoms with Crippen LogP contribution in [0.5, 0.6) is 0 Å². The number of rotatable bonds is 6. The molecule has 0 aromatic heterocycles. The van der Waals surface area contributed by atoms with E-state index in [4.69, 9.17) is 0 Å². The highest BCUT2D eigenvalue weighted by Gasteiger charge is 2.33. The molecule has 2 nitrogen and oxygen atoms in total. The minimum Gasteiger partial charge on any atom is -0.393 e. The summed E-state index contributed by atoms with van der Waals surface area (Å²) in [5, 5.41) is 20.2. The molecule has 0 bridgehead atoms. The predicted octanol–water partition coefficient (Wildman–Crippen LogP) is 9.44. The minimum absolute atomic E-state index is 0.0840. The summed E-state index contributed by atoms with van der Waals surface area (Å²) < 4.78 is 0. The maximum Gasteiger partial charge on any atom is 0.0586 e. The average Bonchev–Trinajstić information content (AvgIpc) is 2.84. The van der Waals surface area contributed by atoms with Gasteiger partial charge in [0.1, 0.15) is 0 Å². The van der Waals surface area contributed by atoms with Gasteiger partial charge in [-0.05, 0) is 78.4 Å². The lowest BCUT2D eigenvalue weighted by molar-refractivity contribution is 0.116. The van der Waals surface area contributed by atoms with Crippen LogP contribution in [0.2, 0.25) is 0 Å². The monoisotopic (exact) mass is 564 g/mol. The van der Waals surface area contributed by atoms with Crippen molar-refractivity contribution >= 4 is 0 Å². The summed E-state index contributed by atoms with van der Waals surface area (Å²) >= 11 is 0. The van der Waals surface area contributed by atoms with Gasteiger partial charge < -0.3 is 10.2 Å². The van der Waals surface area contributed by atoms with Crippen LogP contribution in [0.1, 0.15) is 94.9 Å². The SMILES string of the molecule is CC1=C(C#C/C(C)=C/C=C/C(C)=C/C=C/C=C(C)/C=C/C=C(\C)C#CC2=C(C)C[C@@H](O)CC2(C)C)C(C)(C)C[C@H](O)C1. The van der Waals surface area contributed by atoms with Crippen LogP contribution in [0.3, 0.4) is 0 Å². The van der Waals surface area contributed by atoms with Crippen LogP contribution >= 0.6 is 0 Å². The Morgan fingerprint density at radius 1 is 0.619 bits per heavy atom. The van der Waals surface area contributed by atoms with E-state index in [1.807, 2.05) is 50.3 Å². The van der Waals surface area contributed by atoms with Crippen molar-refractivity contribution < 1.29 is 10.2 Å². The Hall–Kier alpha value is -3.30. The zero-order valence-corrected chi connectivity index (χ0v) is 27.7. The molecule has 0 aliphatic heterocycles. The van der Waals surface area contributed by atoms with Gasteiger partial charge in [-0.1, -0.05) is 134 Å². The van der Waals surface area contributed by atoms with Crippen LogP contribution in [0.4, 0.5) is 0 Å². The van der Waals surface area contributed by atoms with Gasteiger partial charge in [-0.2, -0.15) is 0 Å². The third-order valence-corrected chi connectivity index (χ3v) is 7.79. The van der Waals surface area contributed by atoms with E-state index in [2.05, 4.69) is 103 Å². The lowest BCUT2D eigenvalue weighted by Crippen LogP contribution is -2.28. The van der Waals surface area contributed by atoms with E-state index in [-0.39, 0.29) is 23.0 Å². The van der Waals surface area contributed by atoms with E-state index >= 15 is 0 Å². The topological polar surface area (TPSA) is 40.5 Å². The normalized spacial score (nSPS) is 23.9. The van der Waals surface area contributed by atoms with Crippen LogP contribution in [-0.2, 0) is 0 Å². The van der Waals surface area contributed by atoms with Crippen LogP contribution in [0, 0.1) is 34.5 Å². The highest BCUT2D eigenvalue weighted by Crippen LogP contribution is 2.40. The first-order valence-electron chi connectivity index (χ1n) is 15.1. The second-order valence-corrected chi connectivity index (χ2v) is 13.3. The van der Waals surface area contributed by atoms with Gasteiger partial charge in [0.25, 0.3) is 0 Å². The molecule has 2 rings (SSSR count). The van der Waals surface area contributed by atoms with Crippen molar-refractivity contribution in [2.45, 2.75) is 107 Å². The lowest BCUT2D eigenvalue weighted by atomic mass is 9.72. The highest BCUT2D eigenvalue weighted by atomic mass is 16.3. The second-order valence-electron chi connectivity index (χ2n) is 13.3. The molecule has 0 fully saturated rings. The van der Waals surface area contributed by atoms with E-state index in [0.717, 1.165) is 59.1 Å². The summed E-state index contributed by atoms with van der Waals surface area (Å²) in [4.78, 5) is 0. The van der Waals surface area contributed by atoms with Gasteiger partial charge in [-0.3, -0.25) is 0 Å². The number of aliphatic hydroxyl groups is 2. The van der Waals surface area contributed by atoms with Crippen molar-refractivity contribution in [2.24, 2.45) is 10.8 Å². The van der Waals surface area contributed by atoms with Crippen molar-refractivity contribution in [3.8, 4) is 23.7 Å². The number of aliphatic hydroxyl groups excluding tert-OH is 2. The van der Waals surface area contributed by atoms with E-state index < -0.39 is 0 Å². The fourth-order valence-electron chi connectivity index (χ4n) is 5.76. The van der Waals surface area contributed by atoms with Crippen LogP contribution in [-0.4, -0.2) is 22.4 Å². The molecule has 0 aromatic rings. The Morgan fingerprint density at radius 3 is 1.31 bits per heavy atom. The second kappa shape index (κ2) is 15.8. The third kappa shape index (κ3) is 11.5. The first-order valence-corrected chi connectivity index (χ1v) is 15.1. The lowest BCUT2D eigenvalue weighted by Gasteiger charge is -2.34. The molecule has 2 atom stereocenters. The Kier molecular flexibility index (Phi) is 13.1. The van der Waals surface area contributed by atoms with E-state index in [1.165, 1.54) is 11.1 Å². The quantitative estimate of drug-likeness (QED) is 0.249. The van der Waals surface area contributed by atoms with E-state index in [9.17, 15) is 10.2 Å². The molecular formula is C40H52O2. The summed E-state index contributed by atoms with van der Waals surface area (Å²) in [6.07, 6.45) is 23.0. The van der Waals surface area contributed by atoms with E-state index in [1.54, 1.807) is 0 Å². The molecule has 0 saturated carbocycles. The summed E-state index contributed by atoms with van der Waals surface area (Å²) in [6.45, 7) is 21.1. The molecule has 0 aromatic carbocycles. The Morgan fingerprint density at radius 2 is 0.976 bits per heavy atom. The molecule has 0 radical (unpaired) electrons. The average molecular weight is 565 g/mol. The molecule has 0 saturated heterocycles. The largest absolute Gasteiger partial charge is 0.393 e. The van der Waals surface area contributed by atoms with Gasteiger partial charge in [-0.15, -0.1) is 0 Å². The molecule has 0 heterocycles. The van der Waals surface area contributed by atoms with Crippen molar-refractivity contribution in [3.63, 3.8) is 0 Å². The van der Waals surface area contributed by atoms with Gasteiger partial charge in [0, 0.05) is 22.0 Å². The Balaban J connectivity index is 1.93. The third-order valence-electron chi connectivity index (χ3n) is 7.79. The van der Waals surface area contributed by atoms with Gasteiger partial charge in [0.05, 0.1) is 12.2 Å². The zero-order valence-electron chi connectivity index (χ0n) is 27.7. The molecule has 2 aliphatic carbocycles. The smallest absolute Gasteiger partial charge is 0.0586 e. The summed E-state index contributed by atoms with van der Waals surface area (Å²) in [5.74, 6) is 13.3. The van der Waals surface area contributed by atoms with Crippen molar-refractivity contribution in [1.82, 2.24) is 0 Å². The number of hydrogen-bond donors (Lipinski definition) is 2. The highest BCUT2D eigenvalue weighted by molar-refractivity contribution is 5.46. The first kappa shape index (κ1) is 34.9. The molecule has 0 unspecified atom stereocenters. The van der Waals surface area contributed by atoms with Gasteiger partial charge in [-0.25, -0.2) is 0 Å². The molecule has 2 heteroatoms. The van der Waals surface area contributed by atoms with Crippen molar-refractivity contribution in [3.05, 3.63) is 105 Å². The first-order chi connectivity index (χ1) is 19.6. The molecule has 42 heavy (non-hydrogen) atoms. The van der Waals surface area contributed by atoms with Crippen LogP contribution in [0.25, 0.3) is 0 Å². The van der Waals surface area contributed by atoms with Crippen LogP contribution in [0.15, 0.2) is 105 Å². The fraction of sp³-hybridized carbons (Fsp3) is 0.450. The standard InChI is InChI=1S/C40H52O2/c1-29(17-13-19-31(3)21-23-37-33(5)25-35(41)27-39(37,7)8)15-11-12-16-30(2)18-14-20-32(4)22-24-38-34(6)26-36(42)28-40(38,9)10/h11-20,35-36,41-42H,25-28H2,1-10H3/b12-11+,17-13+,18-14+,29-15+,30-16+,31-19+,32-20+/t35-,36-/m1/s1. The van der Waals surface area contributed by atoms with Gasteiger partial charge in [0.2, 0.25) is 0 Å². The summed E-state index contributed by atoms with van der Waals surface area (Å²) in [7, 11) is 0. The zero-order chi connectivity index (χ0) is 31.5. The fourth-order valence-corrected chi connectivity index (χ4v) is 5.76. The molecule has 2 N–H and O–H groups in total. The molecule has 0 amide bonds.